The predicted octanol–water partition coefficient (Wildman–Crippen LogP) is 2.80. The van der Waals surface area contributed by atoms with Crippen LogP contribution in [0.15, 0.2) is 36.4 Å². The molecule has 1 aromatic carbocycles. The second-order valence-corrected chi connectivity index (χ2v) is 6.54. The summed E-state index contributed by atoms with van der Waals surface area (Å²) in [5.41, 5.74) is 1.77. The van der Waals surface area contributed by atoms with E-state index in [1.807, 2.05) is 39.0 Å². The molecule has 0 aromatic heterocycles. The van der Waals surface area contributed by atoms with Crippen LogP contribution < -0.4 is 10.6 Å². The first-order chi connectivity index (χ1) is 10.3. The first-order valence-electron chi connectivity index (χ1n) is 7.65. The topological polar surface area (TPSA) is 58.2 Å². The third-order valence-corrected chi connectivity index (χ3v) is 4.19. The standard InChI is InChI=1S/C18H24N2O2/c1-12(2)18(3,4)17(22)19-11-13-6-5-7-14(10-13)16(21)20-15-8-9-15/h5-7,10,15H,1,8-9,11H2,2-4H3,(H,19,22)(H,20,21). The summed E-state index contributed by atoms with van der Waals surface area (Å²) < 4.78 is 0. The van der Waals surface area contributed by atoms with E-state index in [2.05, 4.69) is 17.2 Å². The molecule has 0 spiro atoms. The third-order valence-electron chi connectivity index (χ3n) is 4.19. The highest BCUT2D eigenvalue weighted by molar-refractivity contribution is 5.94. The Kier molecular flexibility index (Phi) is 4.69. The van der Waals surface area contributed by atoms with Crippen LogP contribution in [0.25, 0.3) is 0 Å². The highest BCUT2D eigenvalue weighted by Gasteiger charge is 2.28. The Labute approximate surface area is 132 Å². The van der Waals surface area contributed by atoms with Crippen LogP contribution in [0, 0.1) is 5.41 Å². The van der Waals surface area contributed by atoms with Gasteiger partial charge in [-0.1, -0.05) is 24.3 Å². The number of hydrogen-bond acceptors (Lipinski definition) is 2. The van der Waals surface area contributed by atoms with Crippen molar-refractivity contribution in [3.05, 3.63) is 47.5 Å². The molecule has 1 fully saturated rings. The minimum absolute atomic E-state index is 0.0436. The number of hydrogen-bond donors (Lipinski definition) is 2. The van der Waals surface area contributed by atoms with E-state index in [9.17, 15) is 9.59 Å². The van der Waals surface area contributed by atoms with Gasteiger partial charge in [-0.15, -0.1) is 0 Å². The zero-order chi connectivity index (χ0) is 16.3. The van der Waals surface area contributed by atoms with E-state index in [1.165, 1.54) is 0 Å². The number of carbonyl (C=O) groups is 2. The Morgan fingerprint density at radius 1 is 1.32 bits per heavy atom. The lowest BCUT2D eigenvalue weighted by atomic mass is 9.85. The molecule has 0 unspecified atom stereocenters. The first-order valence-corrected chi connectivity index (χ1v) is 7.65. The van der Waals surface area contributed by atoms with Gasteiger partial charge < -0.3 is 10.6 Å². The SMILES string of the molecule is C=C(C)C(C)(C)C(=O)NCc1cccc(C(=O)NC2CC2)c1. The molecule has 0 heterocycles. The lowest BCUT2D eigenvalue weighted by Gasteiger charge is -2.23. The van der Waals surface area contributed by atoms with E-state index >= 15 is 0 Å². The van der Waals surface area contributed by atoms with Crippen molar-refractivity contribution in [2.24, 2.45) is 5.41 Å². The molecule has 2 rings (SSSR count). The second-order valence-electron chi connectivity index (χ2n) is 6.54. The maximum atomic E-state index is 12.2. The van der Waals surface area contributed by atoms with Gasteiger partial charge >= 0.3 is 0 Å². The smallest absolute Gasteiger partial charge is 0.251 e. The highest BCUT2D eigenvalue weighted by Crippen LogP contribution is 2.24. The molecule has 4 heteroatoms. The van der Waals surface area contributed by atoms with Crippen LogP contribution in [0.3, 0.4) is 0 Å². The Bertz CT molecular complexity index is 601. The summed E-state index contributed by atoms with van der Waals surface area (Å²) in [6, 6.07) is 7.70. The van der Waals surface area contributed by atoms with E-state index in [0.717, 1.165) is 24.0 Å². The Morgan fingerprint density at radius 2 is 2.00 bits per heavy atom. The fraction of sp³-hybridized carbons (Fsp3) is 0.444. The van der Waals surface area contributed by atoms with Gasteiger partial charge in [0, 0.05) is 18.2 Å². The highest BCUT2D eigenvalue weighted by atomic mass is 16.2. The fourth-order valence-corrected chi connectivity index (χ4v) is 1.92. The number of rotatable bonds is 6. The van der Waals surface area contributed by atoms with E-state index in [-0.39, 0.29) is 11.8 Å². The summed E-state index contributed by atoms with van der Waals surface area (Å²) >= 11 is 0. The van der Waals surface area contributed by atoms with Crippen LogP contribution in [-0.4, -0.2) is 17.9 Å². The van der Waals surface area contributed by atoms with E-state index < -0.39 is 5.41 Å². The summed E-state index contributed by atoms with van der Waals surface area (Å²) in [7, 11) is 0. The van der Waals surface area contributed by atoms with E-state index in [4.69, 9.17) is 0 Å². The van der Waals surface area contributed by atoms with Crippen molar-refractivity contribution in [2.75, 3.05) is 0 Å². The van der Waals surface area contributed by atoms with E-state index in [0.29, 0.717) is 18.2 Å². The summed E-state index contributed by atoms with van der Waals surface area (Å²) in [6.07, 6.45) is 2.13. The van der Waals surface area contributed by atoms with Crippen LogP contribution in [0.2, 0.25) is 0 Å². The van der Waals surface area contributed by atoms with Gasteiger partial charge in [0.05, 0.1) is 5.41 Å². The summed E-state index contributed by atoms with van der Waals surface area (Å²) in [5, 5.41) is 5.87. The van der Waals surface area contributed by atoms with Gasteiger partial charge in [0.1, 0.15) is 0 Å². The Hall–Kier alpha value is -2.10. The molecule has 0 aliphatic heterocycles. The summed E-state index contributed by atoms with van der Waals surface area (Å²) in [6.45, 7) is 9.82. The number of carbonyl (C=O) groups excluding carboxylic acids is 2. The van der Waals surface area contributed by atoms with Crippen LogP contribution in [0.1, 0.15) is 49.5 Å². The molecule has 1 aliphatic carbocycles. The molecule has 22 heavy (non-hydrogen) atoms. The fourth-order valence-electron chi connectivity index (χ4n) is 1.92. The normalized spacial score (nSPS) is 14.3. The molecule has 4 nitrogen and oxygen atoms in total. The second kappa shape index (κ2) is 6.34. The molecule has 2 N–H and O–H groups in total. The molecule has 0 saturated heterocycles. The van der Waals surface area contributed by atoms with Gasteiger partial charge in [-0.2, -0.15) is 0 Å². The van der Waals surface area contributed by atoms with Crippen LogP contribution in [0.4, 0.5) is 0 Å². The van der Waals surface area contributed by atoms with Gasteiger partial charge in [0.2, 0.25) is 5.91 Å². The minimum atomic E-state index is -0.596. The van der Waals surface area contributed by atoms with Gasteiger partial charge in [0.25, 0.3) is 5.91 Å². The van der Waals surface area contributed by atoms with Crippen LogP contribution in [0.5, 0.6) is 0 Å². The molecule has 0 atom stereocenters. The van der Waals surface area contributed by atoms with Gasteiger partial charge in [-0.3, -0.25) is 9.59 Å². The maximum Gasteiger partial charge on any atom is 0.251 e. The van der Waals surface area contributed by atoms with Crippen molar-refractivity contribution in [3.63, 3.8) is 0 Å². The zero-order valence-corrected chi connectivity index (χ0v) is 13.5. The molecular weight excluding hydrogens is 276 g/mol. The molecule has 1 aromatic rings. The lowest BCUT2D eigenvalue weighted by molar-refractivity contribution is -0.127. The maximum absolute atomic E-state index is 12.2. The molecule has 0 radical (unpaired) electrons. The molecule has 118 valence electrons. The average molecular weight is 300 g/mol. The molecule has 2 amide bonds. The van der Waals surface area contributed by atoms with E-state index in [1.54, 1.807) is 6.07 Å². The zero-order valence-electron chi connectivity index (χ0n) is 13.5. The largest absolute Gasteiger partial charge is 0.351 e. The monoisotopic (exact) mass is 300 g/mol. The van der Waals surface area contributed by atoms with Crippen molar-refractivity contribution < 1.29 is 9.59 Å². The number of nitrogens with one attached hydrogen (secondary N) is 2. The van der Waals surface area contributed by atoms with Crippen molar-refractivity contribution in [2.45, 2.75) is 46.2 Å². The average Bonchev–Trinajstić information content (AvgIpc) is 3.28. The Morgan fingerprint density at radius 3 is 2.59 bits per heavy atom. The van der Waals surface area contributed by atoms with Gasteiger partial charge in [-0.25, -0.2) is 0 Å². The van der Waals surface area contributed by atoms with Crippen molar-refractivity contribution in [1.82, 2.24) is 10.6 Å². The minimum Gasteiger partial charge on any atom is -0.351 e. The predicted molar refractivity (Wildman–Crippen MR) is 87.4 cm³/mol. The van der Waals surface area contributed by atoms with Crippen molar-refractivity contribution >= 4 is 11.8 Å². The van der Waals surface area contributed by atoms with Crippen molar-refractivity contribution in [1.29, 1.82) is 0 Å². The molecule has 1 aliphatic rings. The summed E-state index contributed by atoms with van der Waals surface area (Å²) in [5.74, 6) is -0.106. The quantitative estimate of drug-likeness (QED) is 0.794. The summed E-state index contributed by atoms with van der Waals surface area (Å²) in [4.78, 5) is 24.2. The van der Waals surface area contributed by atoms with Gasteiger partial charge in [-0.05, 0) is 51.3 Å². The molecule has 0 bridgehead atoms. The molecular formula is C18H24N2O2. The molecule has 1 saturated carbocycles. The lowest BCUT2D eigenvalue weighted by Crippen LogP contribution is -2.37. The van der Waals surface area contributed by atoms with Gasteiger partial charge in [0.15, 0.2) is 0 Å². The van der Waals surface area contributed by atoms with Crippen LogP contribution >= 0.6 is 0 Å². The number of amides is 2. The van der Waals surface area contributed by atoms with Crippen molar-refractivity contribution in [3.8, 4) is 0 Å². The number of benzene rings is 1. The van der Waals surface area contributed by atoms with Crippen LogP contribution in [-0.2, 0) is 11.3 Å². The first kappa shape index (κ1) is 16.3. The third kappa shape index (κ3) is 3.97. The Balaban J connectivity index is 1.97.